The van der Waals surface area contributed by atoms with Crippen molar-refractivity contribution in [1.29, 1.82) is 0 Å². The predicted molar refractivity (Wildman–Crippen MR) is 91.4 cm³/mol. The summed E-state index contributed by atoms with van der Waals surface area (Å²) >= 11 is 0. The molecule has 7 nitrogen and oxygen atoms in total. The van der Waals surface area contributed by atoms with Crippen LogP contribution in [0.3, 0.4) is 0 Å². The summed E-state index contributed by atoms with van der Waals surface area (Å²) in [4.78, 5) is 30.0. The van der Waals surface area contributed by atoms with Crippen molar-refractivity contribution in [3.8, 4) is 0 Å². The Morgan fingerprint density at radius 2 is 1.88 bits per heavy atom. The number of rotatable bonds is 8. The molecule has 1 aromatic heterocycles. The van der Waals surface area contributed by atoms with Gasteiger partial charge in [0.25, 0.3) is 0 Å². The van der Waals surface area contributed by atoms with Crippen LogP contribution in [0.15, 0.2) is 22.8 Å². The Balaban J connectivity index is 1.66. The topological polar surface area (TPSA) is 69.0 Å². The first kappa shape index (κ1) is 18.5. The van der Waals surface area contributed by atoms with Gasteiger partial charge in [-0.2, -0.15) is 0 Å². The Kier molecular flexibility index (Phi) is 7.27. The van der Waals surface area contributed by atoms with Gasteiger partial charge < -0.3 is 14.6 Å². The van der Waals surface area contributed by atoms with Crippen LogP contribution >= 0.6 is 0 Å². The highest BCUT2D eigenvalue weighted by Crippen LogP contribution is 2.06. The van der Waals surface area contributed by atoms with Crippen LogP contribution in [0.4, 0.5) is 0 Å². The van der Waals surface area contributed by atoms with Gasteiger partial charge in [-0.25, -0.2) is 0 Å². The second-order valence-corrected chi connectivity index (χ2v) is 6.23. The Morgan fingerprint density at radius 1 is 1.21 bits per heavy atom. The van der Waals surface area contributed by atoms with Gasteiger partial charge in [0, 0.05) is 39.8 Å². The van der Waals surface area contributed by atoms with Crippen LogP contribution in [0.5, 0.6) is 0 Å². The number of hydrogen-bond acceptors (Lipinski definition) is 5. The summed E-state index contributed by atoms with van der Waals surface area (Å²) in [6, 6.07) is 3.69. The number of hydrogen-bond donors (Lipinski definition) is 1. The molecule has 0 unspecified atom stereocenters. The normalized spacial score (nSPS) is 16.1. The summed E-state index contributed by atoms with van der Waals surface area (Å²) in [5.74, 6) is 0.953. The summed E-state index contributed by atoms with van der Waals surface area (Å²) in [5.41, 5.74) is 0. The van der Waals surface area contributed by atoms with E-state index in [0.717, 1.165) is 44.9 Å². The van der Waals surface area contributed by atoms with Crippen LogP contribution in [0.2, 0.25) is 0 Å². The number of likely N-dealkylation sites (N-methyl/N-ethyl adjacent to an activating group) is 1. The Labute approximate surface area is 143 Å². The fraction of sp³-hybridized carbons (Fsp3) is 0.647. The molecule has 0 atom stereocenters. The summed E-state index contributed by atoms with van der Waals surface area (Å²) in [7, 11) is 1.79. The number of carbonyl (C=O) groups is 2. The molecule has 0 bridgehead atoms. The molecule has 1 aromatic rings. The third-order valence-electron chi connectivity index (χ3n) is 4.16. The van der Waals surface area contributed by atoms with E-state index in [1.807, 2.05) is 19.1 Å². The highest BCUT2D eigenvalue weighted by molar-refractivity contribution is 5.78. The van der Waals surface area contributed by atoms with E-state index in [4.69, 9.17) is 4.42 Å². The molecule has 0 aliphatic carbocycles. The average Bonchev–Trinajstić information content (AvgIpc) is 3.07. The minimum atomic E-state index is 0.0829. The first-order valence-electron chi connectivity index (χ1n) is 8.56. The van der Waals surface area contributed by atoms with Gasteiger partial charge in [-0.05, 0) is 18.6 Å². The highest BCUT2D eigenvalue weighted by Gasteiger charge is 2.21. The molecule has 0 spiro atoms. The standard InChI is InChI=1S/C17H28N4O3/c1-3-6-18-16(22)13-20-7-9-21(10-8-20)14-17(23)19(2)12-15-5-4-11-24-15/h4-5,11H,3,6-10,12-14H2,1-2H3,(H,18,22). The molecule has 1 aliphatic rings. The van der Waals surface area contributed by atoms with Crippen molar-refractivity contribution in [2.45, 2.75) is 19.9 Å². The third-order valence-corrected chi connectivity index (χ3v) is 4.16. The number of nitrogens with one attached hydrogen (secondary N) is 1. The molecule has 1 aliphatic heterocycles. The predicted octanol–water partition coefficient (Wildman–Crippen LogP) is 0.382. The van der Waals surface area contributed by atoms with Crippen molar-refractivity contribution < 1.29 is 14.0 Å². The molecule has 24 heavy (non-hydrogen) atoms. The lowest BCUT2D eigenvalue weighted by molar-refractivity contribution is -0.132. The first-order chi connectivity index (χ1) is 11.6. The molecular formula is C17H28N4O3. The fourth-order valence-electron chi connectivity index (χ4n) is 2.67. The Bertz CT molecular complexity index is 510. The van der Waals surface area contributed by atoms with Gasteiger partial charge in [0.1, 0.15) is 5.76 Å². The fourth-order valence-corrected chi connectivity index (χ4v) is 2.67. The van der Waals surface area contributed by atoms with E-state index in [2.05, 4.69) is 15.1 Å². The molecular weight excluding hydrogens is 308 g/mol. The van der Waals surface area contributed by atoms with Crippen LogP contribution in [0, 0.1) is 0 Å². The zero-order chi connectivity index (χ0) is 17.4. The van der Waals surface area contributed by atoms with Crippen LogP contribution in [0.25, 0.3) is 0 Å². The zero-order valence-corrected chi connectivity index (χ0v) is 14.7. The number of carbonyl (C=O) groups excluding carboxylic acids is 2. The second kappa shape index (κ2) is 9.44. The lowest BCUT2D eigenvalue weighted by atomic mass is 10.3. The number of piperazine rings is 1. The third kappa shape index (κ3) is 5.98. The molecule has 134 valence electrons. The van der Waals surface area contributed by atoms with Crippen LogP contribution in [-0.4, -0.2) is 79.4 Å². The minimum Gasteiger partial charge on any atom is -0.467 e. The molecule has 2 heterocycles. The van der Waals surface area contributed by atoms with E-state index < -0.39 is 0 Å². The van der Waals surface area contributed by atoms with Crippen molar-refractivity contribution in [1.82, 2.24) is 20.0 Å². The molecule has 2 amide bonds. The molecule has 1 N–H and O–H groups in total. The van der Waals surface area contributed by atoms with Crippen molar-refractivity contribution in [3.63, 3.8) is 0 Å². The van der Waals surface area contributed by atoms with Crippen molar-refractivity contribution in [3.05, 3.63) is 24.2 Å². The molecule has 1 saturated heterocycles. The summed E-state index contributed by atoms with van der Waals surface area (Å²) in [6.07, 6.45) is 2.57. The van der Waals surface area contributed by atoms with Crippen molar-refractivity contribution in [2.24, 2.45) is 0 Å². The summed E-state index contributed by atoms with van der Waals surface area (Å²) in [5, 5.41) is 2.90. The highest BCUT2D eigenvalue weighted by atomic mass is 16.3. The van der Waals surface area contributed by atoms with Gasteiger partial charge >= 0.3 is 0 Å². The van der Waals surface area contributed by atoms with Crippen LogP contribution in [-0.2, 0) is 16.1 Å². The first-order valence-corrected chi connectivity index (χ1v) is 8.56. The van der Waals surface area contributed by atoms with Crippen LogP contribution in [0.1, 0.15) is 19.1 Å². The molecule has 0 radical (unpaired) electrons. The minimum absolute atomic E-state index is 0.0829. The zero-order valence-electron chi connectivity index (χ0n) is 14.7. The van der Waals surface area contributed by atoms with Crippen molar-refractivity contribution in [2.75, 3.05) is 52.9 Å². The van der Waals surface area contributed by atoms with E-state index in [1.54, 1.807) is 18.2 Å². The number of amides is 2. The van der Waals surface area contributed by atoms with Crippen molar-refractivity contribution >= 4 is 11.8 Å². The number of furan rings is 1. The van der Waals surface area contributed by atoms with Gasteiger partial charge in [0.05, 0.1) is 25.9 Å². The maximum absolute atomic E-state index is 12.3. The lowest BCUT2D eigenvalue weighted by Gasteiger charge is -2.34. The number of nitrogens with zero attached hydrogens (tertiary/aromatic N) is 3. The Hall–Kier alpha value is -1.86. The quantitative estimate of drug-likeness (QED) is 0.743. The summed E-state index contributed by atoms with van der Waals surface area (Å²) in [6.45, 7) is 7.36. The lowest BCUT2D eigenvalue weighted by Crippen LogP contribution is -2.51. The average molecular weight is 336 g/mol. The smallest absolute Gasteiger partial charge is 0.236 e. The molecule has 1 fully saturated rings. The van der Waals surface area contributed by atoms with Crippen LogP contribution < -0.4 is 5.32 Å². The van der Waals surface area contributed by atoms with E-state index in [1.165, 1.54) is 0 Å². The maximum atomic E-state index is 12.3. The van der Waals surface area contributed by atoms with Gasteiger partial charge in [0.15, 0.2) is 0 Å². The molecule has 7 heteroatoms. The Morgan fingerprint density at radius 3 is 2.46 bits per heavy atom. The largest absolute Gasteiger partial charge is 0.467 e. The van der Waals surface area contributed by atoms with Gasteiger partial charge in [0.2, 0.25) is 11.8 Å². The molecule has 0 aromatic carbocycles. The van der Waals surface area contributed by atoms with E-state index in [9.17, 15) is 9.59 Å². The monoisotopic (exact) mass is 336 g/mol. The van der Waals surface area contributed by atoms with Gasteiger partial charge in [-0.1, -0.05) is 6.92 Å². The maximum Gasteiger partial charge on any atom is 0.236 e. The van der Waals surface area contributed by atoms with Gasteiger partial charge in [-0.15, -0.1) is 0 Å². The van der Waals surface area contributed by atoms with E-state index >= 15 is 0 Å². The summed E-state index contributed by atoms with van der Waals surface area (Å²) < 4.78 is 5.27. The van der Waals surface area contributed by atoms with E-state index in [-0.39, 0.29) is 11.8 Å². The SMILES string of the molecule is CCCNC(=O)CN1CCN(CC(=O)N(C)Cc2ccco2)CC1. The second-order valence-electron chi connectivity index (χ2n) is 6.23. The van der Waals surface area contributed by atoms with Gasteiger partial charge in [-0.3, -0.25) is 19.4 Å². The molecule has 2 rings (SSSR count). The van der Waals surface area contributed by atoms with E-state index in [0.29, 0.717) is 19.6 Å². The molecule has 0 saturated carbocycles.